The zero-order valence-electron chi connectivity index (χ0n) is 10.1. The number of anilines is 1. The van der Waals surface area contributed by atoms with Gasteiger partial charge in [-0.1, -0.05) is 12.1 Å². The fourth-order valence-electron chi connectivity index (χ4n) is 1.60. The van der Waals surface area contributed by atoms with E-state index in [4.69, 9.17) is 4.74 Å². The highest BCUT2D eigenvalue weighted by Crippen LogP contribution is 2.17. The smallest absolute Gasteiger partial charge is 0.182 e. The molecule has 0 radical (unpaired) electrons. The monoisotopic (exact) mass is 248 g/mol. The molecule has 2 rings (SSSR count). The van der Waals surface area contributed by atoms with Crippen molar-refractivity contribution >= 4 is 16.5 Å². The summed E-state index contributed by atoms with van der Waals surface area (Å²) >= 11 is 1.65. The van der Waals surface area contributed by atoms with Gasteiger partial charge in [0, 0.05) is 12.4 Å². The van der Waals surface area contributed by atoms with E-state index in [1.165, 1.54) is 5.56 Å². The summed E-state index contributed by atoms with van der Waals surface area (Å²) in [5.74, 6) is 0.903. The first kappa shape index (κ1) is 11.9. The van der Waals surface area contributed by atoms with E-state index >= 15 is 0 Å². The van der Waals surface area contributed by atoms with Gasteiger partial charge in [-0.05, 0) is 30.5 Å². The van der Waals surface area contributed by atoms with E-state index in [2.05, 4.69) is 27.8 Å². The van der Waals surface area contributed by atoms with E-state index in [1.54, 1.807) is 18.4 Å². The van der Waals surface area contributed by atoms with Crippen LogP contribution in [0.5, 0.6) is 5.75 Å². The molecule has 1 aromatic heterocycles. The van der Waals surface area contributed by atoms with E-state index in [0.29, 0.717) is 0 Å². The number of nitrogens with one attached hydrogen (secondary N) is 1. The van der Waals surface area contributed by atoms with Crippen LogP contribution >= 0.6 is 11.3 Å². The second kappa shape index (κ2) is 5.68. The first-order chi connectivity index (χ1) is 8.31. The SMILES string of the molecule is CNc1nc(CCc2ccc(OC)cc2)cs1. The second-order valence-electron chi connectivity index (χ2n) is 3.74. The highest BCUT2D eigenvalue weighted by molar-refractivity contribution is 7.13. The fourth-order valence-corrected chi connectivity index (χ4v) is 2.31. The van der Waals surface area contributed by atoms with Crippen LogP contribution in [0.15, 0.2) is 29.6 Å². The summed E-state index contributed by atoms with van der Waals surface area (Å²) in [7, 11) is 3.58. The summed E-state index contributed by atoms with van der Waals surface area (Å²) in [4.78, 5) is 4.46. The summed E-state index contributed by atoms with van der Waals surface area (Å²) in [6.45, 7) is 0. The Balaban J connectivity index is 1.92. The average Bonchev–Trinajstić information content (AvgIpc) is 2.85. The summed E-state index contributed by atoms with van der Waals surface area (Å²) in [5.41, 5.74) is 2.46. The summed E-state index contributed by atoms with van der Waals surface area (Å²) in [6.07, 6.45) is 1.99. The number of thiazole rings is 1. The molecule has 3 nitrogen and oxygen atoms in total. The summed E-state index contributed by atoms with van der Waals surface area (Å²) in [5, 5.41) is 6.14. The van der Waals surface area contributed by atoms with Gasteiger partial charge in [0.15, 0.2) is 5.13 Å². The second-order valence-corrected chi connectivity index (χ2v) is 4.60. The minimum absolute atomic E-state index is 0.903. The van der Waals surface area contributed by atoms with Crippen LogP contribution in [0.1, 0.15) is 11.3 Å². The van der Waals surface area contributed by atoms with Crippen LogP contribution in [0, 0.1) is 0 Å². The Kier molecular flexibility index (Phi) is 3.98. The molecule has 0 aliphatic heterocycles. The van der Waals surface area contributed by atoms with Crippen LogP contribution in [0.25, 0.3) is 0 Å². The molecule has 0 fully saturated rings. The van der Waals surface area contributed by atoms with Crippen molar-refractivity contribution in [3.8, 4) is 5.75 Å². The van der Waals surface area contributed by atoms with Crippen molar-refractivity contribution in [2.75, 3.05) is 19.5 Å². The number of hydrogen-bond acceptors (Lipinski definition) is 4. The largest absolute Gasteiger partial charge is 0.497 e. The van der Waals surface area contributed by atoms with Crippen molar-refractivity contribution in [3.63, 3.8) is 0 Å². The molecule has 0 aliphatic rings. The van der Waals surface area contributed by atoms with Crippen molar-refractivity contribution in [2.45, 2.75) is 12.8 Å². The third-order valence-electron chi connectivity index (χ3n) is 2.59. The Morgan fingerprint density at radius 1 is 1.24 bits per heavy atom. The lowest BCUT2D eigenvalue weighted by molar-refractivity contribution is 0.414. The van der Waals surface area contributed by atoms with E-state index in [1.807, 2.05) is 19.2 Å². The molecule has 2 aromatic rings. The maximum absolute atomic E-state index is 5.13. The number of benzene rings is 1. The molecule has 0 aliphatic carbocycles. The molecule has 1 N–H and O–H groups in total. The molecule has 1 aromatic carbocycles. The lowest BCUT2D eigenvalue weighted by Gasteiger charge is -2.02. The zero-order chi connectivity index (χ0) is 12.1. The lowest BCUT2D eigenvalue weighted by Crippen LogP contribution is -1.93. The Morgan fingerprint density at radius 2 is 2.00 bits per heavy atom. The third-order valence-corrected chi connectivity index (χ3v) is 3.50. The van der Waals surface area contributed by atoms with Crippen molar-refractivity contribution in [1.82, 2.24) is 4.98 Å². The van der Waals surface area contributed by atoms with Gasteiger partial charge in [0.25, 0.3) is 0 Å². The van der Waals surface area contributed by atoms with E-state index < -0.39 is 0 Å². The van der Waals surface area contributed by atoms with Crippen molar-refractivity contribution < 1.29 is 4.74 Å². The van der Waals surface area contributed by atoms with E-state index in [9.17, 15) is 0 Å². The van der Waals surface area contributed by atoms with Crippen LogP contribution in [0.3, 0.4) is 0 Å². The molecule has 17 heavy (non-hydrogen) atoms. The van der Waals surface area contributed by atoms with Gasteiger partial charge in [-0.25, -0.2) is 4.98 Å². The maximum Gasteiger partial charge on any atom is 0.182 e. The van der Waals surface area contributed by atoms with E-state index in [-0.39, 0.29) is 0 Å². The number of methoxy groups -OCH3 is 1. The predicted octanol–water partition coefficient (Wildman–Crippen LogP) is 2.98. The molecular formula is C13H16N2OS. The van der Waals surface area contributed by atoms with Gasteiger partial charge >= 0.3 is 0 Å². The number of nitrogens with zero attached hydrogens (tertiary/aromatic N) is 1. The van der Waals surface area contributed by atoms with Gasteiger partial charge in [-0.15, -0.1) is 11.3 Å². The molecule has 0 spiro atoms. The Labute approximate surface area is 105 Å². The molecule has 0 bridgehead atoms. The molecule has 90 valence electrons. The molecule has 0 atom stereocenters. The minimum atomic E-state index is 0.903. The Hall–Kier alpha value is -1.55. The summed E-state index contributed by atoms with van der Waals surface area (Å²) < 4.78 is 5.13. The first-order valence-electron chi connectivity index (χ1n) is 5.57. The van der Waals surface area contributed by atoms with Crippen molar-refractivity contribution in [1.29, 1.82) is 0 Å². The number of aromatic nitrogens is 1. The molecule has 0 amide bonds. The van der Waals surface area contributed by atoms with Crippen LogP contribution in [-0.2, 0) is 12.8 Å². The molecule has 0 saturated heterocycles. The molecule has 1 heterocycles. The highest BCUT2D eigenvalue weighted by Gasteiger charge is 2.01. The Morgan fingerprint density at radius 3 is 2.59 bits per heavy atom. The normalized spacial score (nSPS) is 10.2. The quantitative estimate of drug-likeness (QED) is 0.883. The third kappa shape index (κ3) is 3.20. The van der Waals surface area contributed by atoms with Crippen LogP contribution < -0.4 is 10.1 Å². The standard InChI is InChI=1S/C13H16N2OS/c1-14-13-15-11(9-17-13)6-3-10-4-7-12(16-2)8-5-10/h4-5,7-9H,3,6H2,1-2H3,(H,14,15). The molecule has 4 heteroatoms. The van der Waals surface area contributed by atoms with Crippen LogP contribution in [-0.4, -0.2) is 19.1 Å². The fraction of sp³-hybridized carbons (Fsp3) is 0.308. The van der Waals surface area contributed by atoms with Gasteiger partial charge in [0.05, 0.1) is 12.8 Å². The maximum atomic E-state index is 5.13. The van der Waals surface area contributed by atoms with Crippen LogP contribution in [0.4, 0.5) is 5.13 Å². The van der Waals surface area contributed by atoms with Gasteiger partial charge in [-0.3, -0.25) is 0 Å². The van der Waals surface area contributed by atoms with Gasteiger partial charge in [0.2, 0.25) is 0 Å². The minimum Gasteiger partial charge on any atom is -0.497 e. The van der Waals surface area contributed by atoms with Crippen molar-refractivity contribution in [3.05, 3.63) is 40.9 Å². The summed E-state index contributed by atoms with van der Waals surface area (Å²) in [6, 6.07) is 8.19. The number of rotatable bonds is 5. The predicted molar refractivity (Wildman–Crippen MR) is 72.1 cm³/mol. The first-order valence-corrected chi connectivity index (χ1v) is 6.45. The highest BCUT2D eigenvalue weighted by atomic mass is 32.1. The average molecular weight is 248 g/mol. The number of aryl methyl sites for hydroxylation is 2. The number of ether oxygens (including phenoxy) is 1. The molecule has 0 unspecified atom stereocenters. The van der Waals surface area contributed by atoms with Gasteiger partial charge < -0.3 is 10.1 Å². The number of hydrogen-bond donors (Lipinski definition) is 1. The van der Waals surface area contributed by atoms with Gasteiger partial charge in [0.1, 0.15) is 5.75 Å². The lowest BCUT2D eigenvalue weighted by atomic mass is 10.1. The van der Waals surface area contributed by atoms with E-state index in [0.717, 1.165) is 29.4 Å². The van der Waals surface area contributed by atoms with Crippen LogP contribution in [0.2, 0.25) is 0 Å². The topological polar surface area (TPSA) is 34.2 Å². The van der Waals surface area contributed by atoms with Gasteiger partial charge in [-0.2, -0.15) is 0 Å². The Bertz CT molecular complexity index is 465. The zero-order valence-corrected chi connectivity index (χ0v) is 10.9. The molecule has 0 saturated carbocycles. The van der Waals surface area contributed by atoms with Crippen molar-refractivity contribution in [2.24, 2.45) is 0 Å². The molecular weight excluding hydrogens is 232 g/mol.